The lowest BCUT2D eigenvalue weighted by atomic mass is 9.59. The molecule has 0 radical (unpaired) electrons. The van der Waals surface area contributed by atoms with Crippen LogP contribution in [0.15, 0.2) is 18.2 Å². The third-order valence-corrected chi connectivity index (χ3v) is 5.25. The van der Waals surface area contributed by atoms with Gasteiger partial charge in [0.05, 0.1) is 12.7 Å². The number of methoxy groups -OCH3 is 1. The second-order valence-electron chi connectivity index (χ2n) is 6.08. The lowest BCUT2D eigenvalue weighted by molar-refractivity contribution is 0.0600. The summed E-state index contributed by atoms with van der Waals surface area (Å²) < 4.78 is 4.84. The van der Waals surface area contributed by atoms with Crippen LogP contribution in [0.1, 0.15) is 41.8 Å². The van der Waals surface area contributed by atoms with Gasteiger partial charge in [0.15, 0.2) is 0 Å². The maximum absolute atomic E-state index is 11.7. The summed E-state index contributed by atoms with van der Waals surface area (Å²) in [6.45, 7) is 5.72. The van der Waals surface area contributed by atoms with E-state index in [1.807, 2.05) is 6.07 Å². The quantitative estimate of drug-likeness (QED) is 0.786. The van der Waals surface area contributed by atoms with Crippen molar-refractivity contribution >= 4 is 5.97 Å². The molecule has 2 aliphatic rings. The van der Waals surface area contributed by atoms with Gasteiger partial charge in [-0.1, -0.05) is 19.9 Å². The Morgan fingerprint density at radius 3 is 3.00 bits per heavy atom. The van der Waals surface area contributed by atoms with Crippen molar-refractivity contribution < 1.29 is 9.53 Å². The number of rotatable bonds is 1. The van der Waals surface area contributed by atoms with Crippen molar-refractivity contribution in [1.29, 1.82) is 0 Å². The topological polar surface area (TPSA) is 38.3 Å². The molecule has 0 spiro atoms. The number of carbonyl (C=O) groups is 1. The number of nitrogens with one attached hydrogen (secondary N) is 1. The van der Waals surface area contributed by atoms with Gasteiger partial charge >= 0.3 is 5.97 Å². The molecule has 19 heavy (non-hydrogen) atoms. The predicted octanol–water partition coefficient (Wildman–Crippen LogP) is 2.29. The van der Waals surface area contributed by atoms with Gasteiger partial charge in [0, 0.05) is 6.04 Å². The average Bonchev–Trinajstić information content (AvgIpc) is 2.41. The van der Waals surface area contributed by atoms with Crippen molar-refractivity contribution in [2.45, 2.75) is 38.1 Å². The number of ether oxygens (including phenoxy) is 1. The van der Waals surface area contributed by atoms with Gasteiger partial charge in [-0.05, 0) is 54.0 Å². The molecule has 0 saturated carbocycles. The second kappa shape index (κ2) is 4.34. The number of fused-ring (bicyclic) bond motifs is 4. The Morgan fingerprint density at radius 1 is 1.47 bits per heavy atom. The molecule has 1 aliphatic heterocycles. The molecule has 1 saturated heterocycles. The summed E-state index contributed by atoms with van der Waals surface area (Å²) in [5.74, 6) is 0.358. The van der Waals surface area contributed by atoms with Crippen molar-refractivity contribution in [3.05, 3.63) is 34.9 Å². The van der Waals surface area contributed by atoms with Crippen LogP contribution in [-0.2, 0) is 16.6 Å². The number of hydrogen-bond donors (Lipinski definition) is 1. The van der Waals surface area contributed by atoms with Crippen LogP contribution < -0.4 is 5.32 Å². The zero-order valence-electron chi connectivity index (χ0n) is 11.8. The lowest BCUT2D eigenvalue weighted by Gasteiger charge is -2.50. The van der Waals surface area contributed by atoms with E-state index in [9.17, 15) is 4.79 Å². The third kappa shape index (κ3) is 1.79. The van der Waals surface area contributed by atoms with Gasteiger partial charge in [-0.3, -0.25) is 0 Å². The standard InChI is InChI=1S/C16H21NO2/c1-10-14-9-11-4-5-12(15(18)19-3)8-13(11)16(10,2)6-7-17-14/h4-5,8,10,14,17H,6-7,9H2,1-3H3/t10?,14-,16-/m1/s1. The SMILES string of the molecule is COC(=O)c1ccc2c(c1)[C@]1(C)CCN[C@H](C2)C1C. The minimum atomic E-state index is -0.241. The van der Waals surface area contributed by atoms with Crippen molar-refractivity contribution in [3.8, 4) is 0 Å². The van der Waals surface area contributed by atoms with Crippen LogP contribution in [0.25, 0.3) is 0 Å². The maximum Gasteiger partial charge on any atom is 0.337 e. The molecule has 0 amide bonds. The number of esters is 1. The highest BCUT2D eigenvalue weighted by Crippen LogP contribution is 2.46. The highest BCUT2D eigenvalue weighted by Gasteiger charge is 2.45. The first-order valence-electron chi connectivity index (χ1n) is 7.01. The third-order valence-electron chi connectivity index (χ3n) is 5.25. The molecule has 2 bridgehead atoms. The van der Waals surface area contributed by atoms with E-state index in [0.717, 1.165) is 19.4 Å². The van der Waals surface area contributed by atoms with Crippen LogP contribution in [0.5, 0.6) is 0 Å². The summed E-state index contributed by atoms with van der Waals surface area (Å²) in [6.07, 6.45) is 2.19. The van der Waals surface area contributed by atoms with Crippen molar-refractivity contribution in [1.82, 2.24) is 5.32 Å². The van der Waals surface area contributed by atoms with Crippen LogP contribution in [0.3, 0.4) is 0 Å². The fourth-order valence-corrected chi connectivity index (χ4v) is 3.76. The minimum absolute atomic E-state index is 0.174. The summed E-state index contributed by atoms with van der Waals surface area (Å²) in [5.41, 5.74) is 3.57. The summed E-state index contributed by atoms with van der Waals surface area (Å²) in [6, 6.07) is 6.61. The smallest absolute Gasteiger partial charge is 0.337 e. The second-order valence-corrected chi connectivity index (χ2v) is 6.08. The fraction of sp³-hybridized carbons (Fsp3) is 0.562. The Kier molecular flexibility index (Phi) is 2.90. The molecule has 1 aromatic rings. The van der Waals surface area contributed by atoms with Crippen LogP contribution in [0, 0.1) is 5.92 Å². The molecule has 1 aromatic carbocycles. The maximum atomic E-state index is 11.7. The molecular weight excluding hydrogens is 238 g/mol. The number of benzene rings is 1. The van der Waals surface area contributed by atoms with Crippen LogP contribution in [0.2, 0.25) is 0 Å². The molecule has 1 unspecified atom stereocenters. The Morgan fingerprint density at radius 2 is 2.26 bits per heavy atom. The molecule has 1 heterocycles. The first-order valence-corrected chi connectivity index (χ1v) is 7.01. The molecule has 3 nitrogen and oxygen atoms in total. The fourth-order valence-electron chi connectivity index (χ4n) is 3.76. The Hall–Kier alpha value is -1.35. The van der Waals surface area contributed by atoms with E-state index < -0.39 is 0 Å². The zero-order valence-corrected chi connectivity index (χ0v) is 11.8. The molecule has 3 heteroatoms. The molecular formula is C16H21NO2. The van der Waals surface area contributed by atoms with E-state index in [1.165, 1.54) is 18.2 Å². The molecule has 1 N–H and O–H groups in total. The van der Waals surface area contributed by atoms with Gasteiger partial charge < -0.3 is 10.1 Å². The highest BCUT2D eigenvalue weighted by atomic mass is 16.5. The van der Waals surface area contributed by atoms with Crippen molar-refractivity contribution in [3.63, 3.8) is 0 Å². The van der Waals surface area contributed by atoms with Gasteiger partial charge in [0.1, 0.15) is 0 Å². The normalized spacial score (nSPS) is 32.6. The summed E-state index contributed by atoms with van der Waals surface area (Å²) in [4.78, 5) is 11.7. The average molecular weight is 259 g/mol. The van der Waals surface area contributed by atoms with Gasteiger partial charge in [-0.2, -0.15) is 0 Å². The predicted molar refractivity (Wildman–Crippen MR) is 74.4 cm³/mol. The van der Waals surface area contributed by atoms with Crippen molar-refractivity contribution in [2.75, 3.05) is 13.7 Å². The molecule has 102 valence electrons. The largest absolute Gasteiger partial charge is 0.465 e. The lowest BCUT2D eigenvalue weighted by Crippen LogP contribution is -2.56. The van der Waals surface area contributed by atoms with Gasteiger partial charge in [0.25, 0.3) is 0 Å². The monoisotopic (exact) mass is 259 g/mol. The summed E-state index contributed by atoms with van der Waals surface area (Å²) in [7, 11) is 1.44. The number of piperidine rings is 1. The Balaban J connectivity index is 2.11. The first-order chi connectivity index (χ1) is 9.06. The van der Waals surface area contributed by atoms with E-state index >= 15 is 0 Å². The number of carbonyl (C=O) groups excluding carboxylic acids is 1. The molecule has 1 aliphatic carbocycles. The summed E-state index contributed by atoms with van der Waals surface area (Å²) in [5, 5.41) is 3.62. The zero-order chi connectivity index (χ0) is 13.6. The minimum Gasteiger partial charge on any atom is -0.465 e. The highest BCUT2D eigenvalue weighted by molar-refractivity contribution is 5.89. The summed E-state index contributed by atoms with van der Waals surface area (Å²) >= 11 is 0. The van der Waals surface area contributed by atoms with Crippen molar-refractivity contribution in [2.24, 2.45) is 5.92 Å². The van der Waals surface area contributed by atoms with E-state index in [0.29, 0.717) is 17.5 Å². The first kappa shape index (κ1) is 12.7. The van der Waals surface area contributed by atoms with Gasteiger partial charge in [-0.25, -0.2) is 4.79 Å². The van der Waals surface area contributed by atoms with E-state index in [1.54, 1.807) is 0 Å². The van der Waals surface area contributed by atoms with Crippen LogP contribution >= 0.6 is 0 Å². The Labute approximate surface area is 114 Å². The molecule has 3 rings (SSSR count). The van der Waals surface area contributed by atoms with Gasteiger partial charge in [0.2, 0.25) is 0 Å². The van der Waals surface area contributed by atoms with Crippen LogP contribution in [0.4, 0.5) is 0 Å². The van der Waals surface area contributed by atoms with Gasteiger partial charge in [-0.15, -0.1) is 0 Å². The molecule has 0 aromatic heterocycles. The molecule has 3 atom stereocenters. The van der Waals surface area contributed by atoms with E-state index in [2.05, 4.69) is 31.3 Å². The van der Waals surface area contributed by atoms with E-state index in [-0.39, 0.29) is 11.4 Å². The van der Waals surface area contributed by atoms with E-state index in [4.69, 9.17) is 4.74 Å². The number of hydrogen-bond acceptors (Lipinski definition) is 3. The molecule has 1 fully saturated rings. The van der Waals surface area contributed by atoms with Crippen LogP contribution in [-0.4, -0.2) is 25.7 Å². The Bertz CT molecular complexity index is 525.